The predicted octanol–water partition coefficient (Wildman–Crippen LogP) is 2.93. The van der Waals surface area contributed by atoms with E-state index in [1.165, 1.54) is 24.8 Å². The lowest BCUT2D eigenvalue weighted by Crippen LogP contribution is -2.46. The molecule has 1 N–H and O–H groups in total. The summed E-state index contributed by atoms with van der Waals surface area (Å²) in [5.74, 6) is 0.509. The number of carbonyl (C=O) groups excluding carboxylic acids is 2. The number of amides is 3. The van der Waals surface area contributed by atoms with Gasteiger partial charge in [0.15, 0.2) is 0 Å². The van der Waals surface area contributed by atoms with Crippen LogP contribution in [0.4, 0.5) is 4.79 Å². The van der Waals surface area contributed by atoms with Crippen molar-refractivity contribution < 1.29 is 9.59 Å². The van der Waals surface area contributed by atoms with Crippen LogP contribution in [-0.4, -0.2) is 47.4 Å². The molecule has 3 amide bonds. The molecule has 136 valence electrons. The molecule has 2 aliphatic rings. The van der Waals surface area contributed by atoms with Crippen molar-refractivity contribution in [1.29, 1.82) is 0 Å². The van der Waals surface area contributed by atoms with Gasteiger partial charge < -0.3 is 15.1 Å². The van der Waals surface area contributed by atoms with Crippen molar-refractivity contribution in [2.75, 3.05) is 19.6 Å². The van der Waals surface area contributed by atoms with Gasteiger partial charge in [-0.15, -0.1) is 0 Å². The number of hydrogen-bond acceptors (Lipinski definition) is 2. The van der Waals surface area contributed by atoms with Crippen molar-refractivity contribution in [3.8, 4) is 0 Å². The quantitative estimate of drug-likeness (QED) is 0.894. The number of carbonyl (C=O) groups is 2. The number of aryl methyl sites for hydroxylation is 1. The maximum atomic E-state index is 12.5. The minimum absolute atomic E-state index is 0.0238. The Morgan fingerprint density at radius 1 is 1.12 bits per heavy atom. The summed E-state index contributed by atoms with van der Waals surface area (Å²) in [5, 5.41) is 3.14. The normalized spacial score (nSPS) is 23.8. The van der Waals surface area contributed by atoms with Gasteiger partial charge in [-0.25, -0.2) is 4.79 Å². The Labute approximate surface area is 150 Å². The van der Waals surface area contributed by atoms with Crippen LogP contribution in [0.25, 0.3) is 0 Å². The third kappa shape index (κ3) is 4.53. The average Bonchev–Trinajstić information content (AvgIpc) is 2.92. The van der Waals surface area contributed by atoms with Crippen molar-refractivity contribution in [3.63, 3.8) is 0 Å². The third-order valence-electron chi connectivity index (χ3n) is 5.47. The summed E-state index contributed by atoms with van der Waals surface area (Å²) >= 11 is 0. The van der Waals surface area contributed by atoms with E-state index < -0.39 is 0 Å². The summed E-state index contributed by atoms with van der Waals surface area (Å²) in [5.41, 5.74) is 2.34. The molecule has 1 aromatic rings. The molecule has 3 rings (SSSR count). The molecule has 0 radical (unpaired) electrons. The largest absolute Gasteiger partial charge is 0.352 e. The fourth-order valence-corrected chi connectivity index (χ4v) is 3.80. The fraction of sp³-hybridized carbons (Fsp3) is 0.600. The smallest absolute Gasteiger partial charge is 0.320 e. The Hall–Kier alpha value is -2.04. The highest BCUT2D eigenvalue weighted by Gasteiger charge is 2.31. The van der Waals surface area contributed by atoms with Crippen molar-refractivity contribution in [2.24, 2.45) is 5.92 Å². The average molecular weight is 343 g/mol. The van der Waals surface area contributed by atoms with Gasteiger partial charge in [0, 0.05) is 25.7 Å². The molecule has 1 saturated carbocycles. The van der Waals surface area contributed by atoms with Gasteiger partial charge in [-0.1, -0.05) is 49.6 Å². The van der Waals surface area contributed by atoms with Gasteiger partial charge in [0.05, 0.1) is 0 Å². The Balaban J connectivity index is 1.49. The van der Waals surface area contributed by atoms with E-state index in [4.69, 9.17) is 0 Å². The summed E-state index contributed by atoms with van der Waals surface area (Å²) in [6, 6.07) is 8.47. The summed E-state index contributed by atoms with van der Waals surface area (Å²) in [6.07, 6.45) is 4.67. The fourth-order valence-electron chi connectivity index (χ4n) is 3.80. The molecule has 1 aliphatic heterocycles. The molecule has 1 heterocycles. The van der Waals surface area contributed by atoms with E-state index in [-0.39, 0.29) is 24.5 Å². The summed E-state index contributed by atoms with van der Waals surface area (Å²) in [4.78, 5) is 28.4. The standard InChI is InChI=1S/C20H29N3O2/c1-15-7-9-17(10-8-15)13-22-11-12-23(20(22)25)14-19(24)21-18-6-4-3-5-16(18)2/h7-10,16,18H,3-6,11-14H2,1-2H3,(H,21,24)/t16-,18-/m0/s1. The van der Waals surface area contributed by atoms with Gasteiger partial charge in [0.25, 0.3) is 0 Å². The second-order valence-electron chi connectivity index (χ2n) is 7.55. The van der Waals surface area contributed by atoms with E-state index in [0.717, 1.165) is 12.0 Å². The minimum atomic E-state index is -0.0348. The number of benzene rings is 1. The first-order valence-corrected chi connectivity index (χ1v) is 9.41. The van der Waals surface area contributed by atoms with Crippen molar-refractivity contribution in [3.05, 3.63) is 35.4 Å². The SMILES string of the molecule is Cc1ccc(CN2CCN(CC(=O)N[C@H]3CCCC[C@@H]3C)C2=O)cc1. The van der Waals surface area contributed by atoms with Crippen molar-refractivity contribution in [1.82, 2.24) is 15.1 Å². The summed E-state index contributed by atoms with van der Waals surface area (Å²) < 4.78 is 0. The molecule has 0 spiro atoms. The van der Waals surface area contributed by atoms with Crippen molar-refractivity contribution in [2.45, 2.75) is 52.1 Å². The highest BCUT2D eigenvalue weighted by Crippen LogP contribution is 2.23. The first kappa shape index (κ1) is 17.8. The van der Waals surface area contributed by atoms with Gasteiger partial charge in [-0.2, -0.15) is 0 Å². The number of hydrogen-bond donors (Lipinski definition) is 1. The van der Waals surface area contributed by atoms with E-state index >= 15 is 0 Å². The Bertz CT molecular complexity index is 614. The van der Waals surface area contributed by atoms with Gasteiger partial charge >= 0.3 is 6.03 Å². The Kier molecular flexibility index (Phi) is 5.61. The minimum Gasteiger partial charge on any atom is -0.352 e. The lowest BCUT2D eigenvalue weighted by atomic mass is 9.86. The van der Waals surface area contributed by atoms with Crippen LogP contribution in [0.15, 0.2) is 24.3 Å². The molecule has 2 fully saturated rings. The molecule has 0 unspecified atom stereocenters. The number of nitrogens with zero attached hydrogens (tertiary/aromatic N) is 2. The number of rotatable bonds is 5. The second-order valence-corrected chi connectivity index (χ2v) is 7.55. The van der Waals surface area contributed by atoms with Crippen LogP contribution in [0.1, 0.15) is 43.7 Å². The van der Waals surface area contributed by atoms with E-state index in [0.29, 0.717) is 25.6 Å². The van der Waals surface area contributed by atoms with Crippen molar-refractivity contribution >= 4 is 11.9 Å². The van der Waals surface area contributed by atoms with Gasteiger partial charge in [-0.05, 0) is 31.2 Å². The molecule has 0 aromatic heterocycles. The lowest BCUT2D eigenvalue weighted by Gasteiger charge is -2.30. The molecule has 5 nitrogen and oxygen atoms in total. The summed E-state index contributed by atoms with van der Waals surface area (Å²) in [6.45, 7) is 6.34. The topological polar surface area (TPSA) is 52.6 Å². The van der Waals surface area contributed by atoms with Crippen LogP contribution in [-0.2, 0) is 11.3 Å². The molecule has 0 bridgehead atoms. The van der Waals surface area contributed by atoms with E-state index in [1.807, 2.05) is 4.90 Å². The molecule has 1 saturated heterocycles. The van der Waals surface area contributed by atoms with Crippen LogP contribution in [0, 0.1) is 12.8 Å². The van der Waals surface area contributed by atoms with Crippen LogP contribution in [0.5, 0.6) is 0 Å². The van der Waals surface area contributed by atoms with E-state index in [2.05, 4.69) is 43.4 Å². The van der Waals surface area contributed by atoms with Gasteiger partial charge in [0.1, 0.15) is 6.54 Å². The zero-order valence-electron chi connectivity index (χ0n) is 15.3. The molecular weight excluding hydrogens is 314 g/mol. The zero-order chi connectivity index (χ0) is 17.8. The van der Waals surface area contributed by atoms with Gasteiger partial charge in [0.2, 0.25) is 5.91 Å². The van der Waals surface area contributed by atoms with Crippen LogP contribution in [0.3, 0.4) is 0 Å². The predicted molar refractivity (Wildman–Crippen MR) is 98.1 cm³/mol. The Morgan fingerprint density at radius 2 is 1.80 bits per heavy atom. The monoisotopic (exact) mass is 343 g/mol. The van der Waals surface area contributed by atoms with Crippen LogP contribution < -0.4 is 5.32 Å². The summed E-state index contributed by atoms with van der Waals surface area (Å²) in [7, 11) is 0. The van der Waals surface area contributed by atoms with E-state index in [1.54, 1.807) is 4.90 Å². The molecule has 2 atom stereocenters. The maximum Gasteiger partial charge on any atom is 0.320 e. The second kappa shape index (κ2) is 7.89. The maximum absolute atomic E-state index is 12.5. The van der Waals surface area contributed by atoms with Crippen LogP contribution in [0.2, 0.25) is 0 Å². The lowest BCUT2D eigenvalue weighted by molar-refractivity contribution is -0.122. The first-order valence-electron chi connectivity index (χ1n) is 9.41. The molecular formula is C20H29N3O2. The zero-order valence-corrected chi connectivity index (χ0v) is 15.3. The van der Waals surface area contributed by atoms with Gasteiger partial charge in [-0.3, -0.25) is 4.79 Å². The Morgan fingerprint density at radius 3 is 2.52 bits per heavy atom. The molecule has 1 aromatic carbocycles. The molecule has 25 heavy (non-hydrogen) atoms. The highest BCUT2D eigenvalue weighted by atomic mass is 16.2. The molecule has 5 heteroatoms. The highest BCUT2D eigenvalue weighted by molar-refractivity contribution is 5.85. The van der Waals surface area contributed by atoms with E-state index in [9.17, 15) is 9.59 Å². The number of urea groups is 1. The van der Waals surface area contributed by atoms with Crippen LogP contribution >= 0.6 is 0 Å². The molecule has 1 aliphatic carbocycles. The third-order valence-corrected chi connectivity index (χ3v) is 5.47. The first-order chi connectivity index (χ1) is 12.0. The number of nitrogens with one attached hydrogen (secondary N) is 1.